The summed E-state index contributed by atoms with van der Waals surface area (Å²) in [6.07, 6.45) is 2.65. The first-order valence-corrected chi connectivity index (χ1v) is 8.63. The van der Waals surface area contributed by atoms with Crippen LogP contribution in [0.5, 0.6) is 0 Å². The number of rotatable bonds is 5. The van der Waals surface area contributed by atoms with E-state index in [4.69, 9.17) is 0 Å². The average molecular weight is 339 g/mol. The molecule has 1 aromatic rings. The molecule has 0 aromatic heterocycles. The fourth-order valence-electron chi connectivity index (χ4n) is 3.17. The Balaban J connectivity index is 1.86. The molecule has 1 aromatic carbocycles. The molecule has 1 saturated heterocycles. The number of hydrogen-bond donors (Lipinski definition) is 1. The van der Waals surface area contributed by atoms with Crippen molar-refractivity contribution in [1.29, 1.82) is 0 Å². The molecule has 0 spiro atoms. The minimum Gasteiger partial charge on any atom is -0.307 e. The van der Waals surface area contributed by atoms with Gasteiger partial charge in [0.1, 0.15) is 0 Å². The van der Waals surface area contributed by atoms with Crippen molar-refractivity contribution in [2.75, 3.05) is 19.6 Å². The maximum absolute atomic E-state index is 3.79. The molecule has 0 aliphatic carbocycles. The van der Waals surface area contributed by atoms with Crippen LogP contribution in [0.25, 0.3) is 0 Å². The minimum absolute atomic E-state index is 0.409. The highest BCUT2D eigenvalue weighted by Gasteiger charge is 2.24. The zero-order chi connectivity index (χ0) is 14.5. The van der Waals surface area contributed by atoms with Crippen LogP contribution in [0.4, 0.5) is 0 Å². The number of nitrogens with one attached hydrogen (secondary N) is 1. The van der Waals surface area contributed by atoms with Gasteiger partial charge < -0.3 is 10.2 Å². The first-order valence-electron chi connectivity index (χ1n) is 7.84. The van der Waals surface area contributed by atoms with E-state index in [-0.39, 0.29) is 0 Å². The largest absolute Gasteiger partial charge is 0.307 e. The third-order valence-electron chi connectivity index (χ3n) is 4.65. The van der Waals surface area contributed by atoms with E-state index in [0.29, 0.717) is 12.1 Å². The molecule has 2 nitrogen and oxygen atoms in total. The van der Waals surface area contributed by atoms with Crippen LogP contribution in [-0.4, -0.2) is 30.6 Å². The van der Waals surface area contributed by atoms with Crippen molar-refractivity contribution < 1.29 is 0 Å². The van der Waals surface area contributed by atoms with Crippen LogP contribution >= 0.6 is 15.9 Å². The molecule has 1 fully saturated rings. The van der Waals surface area contributed by atoms with E-state index in [9.17, 15) is 0 Å². The topological polar surface area (TPSA) is 15.3 Å². The Morgan fingerprint density at radius 3 is 2.60 bits per heavy atom. The van der Waals surface area contributed by atoms with Crippen molar-refractivity contribution in [3.63, 3.8) is 0 Å². The van der Waals surface area contributed by atoms with E-state index in [0.717, 1.165) is 10.4 Å². The molecule has 2 atom stereocenters. The lowest BCUT2D eigenvalue weighted by atomic mass is 9.89. The molecule has 112 valence electrons. The maximum atomic E-state index is 3.79. The zero-order valence-corrected chi connectivity index (χ0v) is 14.5. The summed E-state index contributed by atoms with van der Waals surface area (Å²) in [5, 5.41) is 3.79. The third kappa shape index (κ3) is 4.31. The summed E-state index contributed by atoms with van der Waals surface area (Å²) >= 11 is 3.55. The highest BCUT2D eigenvalue weighted by atomic mass is 79.9. The van der Waals surface area contributed by atoms with Crippen LogP contribution in [0.15, 0.2) is 28.7 Å². The monoisotopic (exact) mass is 338 g/mol. The predicted molar refractivity (Wildman–Crippen MR) is 90.0 cm³/mol. The number of piperidine rings is 1. The lowest BCUT2D eigenvalue weighted by molar-refractivity contribution is 0.165. The Labute approximate surface area is 132 Å². The summed E-state index contributed by atoms with van der Waals surface area (Å²) in [7, 11) is 0. The molecule has 0 bridgehead atoms. The minimum atomic E-state index is 0.409. The normalized spacial score (nSPS) is 20.8. The van der Waals surface area contributed by atoms with Crippen molar-refractivity contribution in [2.24, 2.45) is 5.92 Å². The molecule has 2 rings (SSSR count). The molecule has 1 N–H and O–H groups in total. The molecule has 0 radical (unpaired) electrons. The highest BCUT2D eigenvalue weighted by Crippen LogP contribution is 2.24. The van der Waals surface area contributed by atoms with E-state index in [1.165, 1.54) is 38.0 Å². The fraction of sp³-hybridized carbons (Fsp3) is 0.647. The van der Waals surface area contributed by atoms with Gasteiger partial charge in [-0.3, -0.25) is 0 Å². The van der Waals surface area contributed by atoms with Crippen molar-refractivity contribution in [2.45, 2.75) is 45.7 Å². The molecule has 3 heteroatoms. The SMILES string of the molecule is CCN1CCC(C(C)NC(C)c2cccc(Br)c2)CC1. The first-order chi connectivity index (χ1) is 9.60. The molecule has 1 heterocycles. The van der Waals surface area contributed by atoms with Crippen LogP contribution in [0.2, 0.25) is 0 Å². The molecular weight excluding hydrogens is 312 g/mol. The van der Waals surface area contributed by atoms with Crippen LogP contribution in [0.3, 0.4) is 0 Å². The van der Waals surface area contributed by atoms with E-state index >= 15 is 0 Å². The molecule has 1 aliphatic heterocycles. The van der Waals surface area contributed by atoms with E-state index in [1.807, 2.05) is 0 Å². The maximum Gasteiger partial charge on any atom is 0.0294 e. The summed E-state index contributed by atoms with van der Waals surface area (Å²) in [5.74, 6) is 0.812. The average Bonchev–Trinajstić information content (AvgIpc) is 2.47. The zero-order valence-electron chi connectivity index (χ0n) is 12.9. The summed E-state index contributed by atoms with van der Waals surface area (Å²) < 4.78 is 1.16. The third-order valence-corrected chi connectivity index (χ3v) is 5.14. The van der Waals surface area contributed by atoms with Gasteiger partial charge in [-0.15, -0.1) is 0 Å². The quantitative estimate of drug-likeness (QED) is 0.864. The second-order valence-electron chi connectivity index (χ2n) is 6.00. The fourth-order valence-corrected chi connectivity index (χ4v) is 3.59. The smallest absolute Gasteiger partial charge is 0.0294 e. The van der Waals surface area contributed by atoms with Crippen LogP contribution < -0.4 is 5.32 Å². The lowest BCUT2D eigenvalue weighted by Crippen LogP contribution is -2.42. The number of halogens is 1. The van der Waals surface area contributed by atoms with Gasteiger partial charge in [0.25, 0.3) is 0 Å². The molecule has 0 saturated carbocycles. The molecule has 0 amide bonds. The van der Waals surface area contributed by atoms with E-state index in [1.54, 1.807) is 0 Å². The van der Waals surface area contributed by atoms with Crippen molar-refractivity contribution in [3.8, 4) is 0 Å². The molecule has 1 aliphatic rings. The van der Waals surface area contributed by atoms with Crippen molar-refractivity contribution in [3.05, 3.63) is 34.3 Å². The Morgan fingerprint density at radius 1 is 1.30 bits per heavy atom. The number of nitrogens with zero attached hydrogens (tertiary/aromatic N) is 1. The molecule has 20 heavy (non-hydrogen) atoms. The van der Waals surface area contributed by atoms with E-state index in [2.05, 4.69) is 71.2 Å². The van der Waals surface area contributed by atoms with Gasteiger partial charge in [0.05, 0.1) is 0 Å². The lowest BCUT2D eigenvalue weighted by Gasteiger charge is -2.35. The van der Waals surface area contributed by atoms with Crippen LogP contribution in [0, 0.1) is 5.92 Å². The van der Waals surface area contributed by atoms with Gasteiger partial charge in [-0.1, -0.05) is 35.0 Å². The summed E-state index contributed by atoms with van der Waals surface area (Å²) in [5.41, 5.74) is 1.36. The van der Waals surface area contributed by atoms with Crippen molar-refractivity contribution >= 4 is 15.9 Å². The van der Waals surface area contributed by atoms with Gasteiger partial charge in [-0.25, -0.2) is 0 Å². The number of hydrogen-bond acceptors (Lipinski definition) is 2. The number of likely N-dealkylation sites (tertiary alicyclic amines) is 1. The number of benzene rings is 1. The summed E-state index contributed by atoms with van der Waals surface area (Å²) in [4.78, 5) is 2.56. The van der Waals surface area contributed by atoms with Gasteiger partial charge in [-0.05, 0) is 69.9 Å². The standard InChI is InChI=1S/C17H27BrN2/c1-4-20-10-8-15(9-11-20)13(2)19-14(3)16-6-5-7-17(18)12-16/h5-7,12-15,19H,4,8-11H2,1-3H3. The highest BCUT2D eigenvalue weighted by molar-refractivity contribution is 9.10. The summed E-state index contributed by atoms with van der Waals surface area (Å²) in [6, 6.07) is 9.61. The van der Waals surface area contributed by atoms with Crippen LogP contribution in [-0.2, 0) is 0 Å². The predicted octanol–water partition coefficient (Wildman–Crippen LogP) is 4.22. The van der Waals surface area contributed by atoms with Gasteiger partial charge >= 0.3 is 0 Å². The van der Waals surface area contributed by atoms with Gasteiger partial charge in [0, 0.05) is 16.6 Å². The van der Waals surface area contributed by atoms with Crippen LogP contribution in [0.1, 0.15) is 45.2 Å². The Bertz CT molecular complexity index is 413. The Kier molecular flexibility index (Phi) is 6.06. The second kappa shape index (κ2) is 7.58. The van der Waals surface area contributed by atoms with Gasteiger partial charge in [-0.2, -0.15) is 0 Å². The Morgan fingerprint density at radius 2 is 2.00 bits per heavy atom. The second-order valence-corrected chi connectivity index (χ2v) is 6.92. The molecule has 2 unspecified atom stereocenters. The first kappa shape index (κ1) is 16.0. The summed E-state index contributed by atoms with van der Waals surface area (Å²) in [6.45, 7) is 10.6. The van der Waals surface area contributed by atoms with Gasteiger partial charge in [0.2, 0.25) is 0 Å². The Hall–Kier alpha value is -0.380. The molecular formula is C17H27BrN2. The van der Waals surface area contributed by atoms with Crippen molar-refractivity contribution in [1.82, 2.24) is 10.2 Å². The van der Waals surface area contributed by atoms with E-state index < -0.39 is 0 Å². The van der Waals surface area contributed by atoms with Gasteiger partial charge in [0.15, 0.2) is 0 Å².